The molecule has 1 saturated carbocycles. The van der Waals surface area contributed by atoms with Crippen molar-refractivity contribution in [3.8, 4) is 28.0 Å². The summed E-state index contributed by atoms with van der Waals surface area (Å²) in [5, 5.41) is 20.5. The maximum absolute atomic E-state index is 12.4. The first kappa shape index (κ1) is 47.5. The lowest BCUT2D eigenvalue weighted by atomic mass is 9.77. The van der Waals surface area contributed by atoms with E-state index in [9.17, 15) is 19.8 Å². The summed E-state index contributed by atoms with van der Waals surface area (Å²) in [6.45, 7) is 16.6. The van der Waals surface area contributed by atoms with Gasteiger partial charge in [-0.05, 0) is 147 Å². The molecular formula is C52H72O7. The molecule has 1 aliphatic rings. The Bertz CT molecular complexity index is 1760. The van der Waals surface area contributed by atoms with Gasteiger partial charge in [-0.2, -0.15) is 0 Å². The fourth-order valence-electron chi connectivity index (χ4n) is 8.28. The molecule has 0 atom stereocenters. The van der Waals surface area contributed by atoms with Gasteiger partial charge in [0.2, 0.25) is 0 Å². The minimum absolute atomic E-state index is 0.0533. The third-order valence-electron chi connectivity index (χ3n) is 12.2. The van der Waals surface area contributed by atoms with Crippen LogP contribution >= 0.6 is 0 Å². The van der Waals surface area contributed by atoms with Crippen LogP contribution in [0, 0.1) is 11.3 Å². The highest BCUT2D eigenvalue weighted by Gasteiger charge is 2.34. The molecule has 322 valence electrons. The second-order valence-corrected chi connectivity index (χ2v) is 17.1. The van der Waals surface area contributed by atoms with Gasteiger partial charge in [0, 0.05) is 17.8 Å². The fourth-order valence-corrected chi connectivity index (χ4v) is 8.28. The van der Waals surface area contributed by atoms with Gasteiger partial charge >= 0.3 is 11.9 Å². The van der Waals surface area contributed by atoms with E-state index >= 15 is 0 Å². The first-order chi connectivity index (χ1) is 28.5. The predicted octanol–water partition coefficient (Wildman–Crippen LogP) is 11.7. The van der Waals surface area contributed by atoms with Gasteiger partial charge in [-0.1, -0.05) is 108 Å². The number of hydrogen-bond acceptors (Lipinski definition) is 7. The number of ether oxygens (including phenoxy) is 3. The second-order valence-electron chi connectivity index (χ2n) is 17.1. The highest BCUT2D eigenvalue weighted by atomic mass is 16.5. The predicted molar refractivity (Wildman–Crippen MR) is 241 cm³/mol. The lowest BCUT2D eigenvalue weighted by Crippen LogP contribution is -2.39. The molecule has 3 aromatic rings. The maximum Gasteiger partial charge on any atom is 0.333 e. The van der Waals surface area contributed by atoms with E-state index in [0.29, 0.717) is 18.8 Å². The number of esters is 2. The number of benzene rings is 3. The first-order valence-electron chi connectivity index (χ1n) is 22.4. The SMILES string of the molecule is C=C(C)C(=O)OCC(CO)(CCOc1c(CCCC)cc(-c2ccc(-c3ccc(C4CCC(CCCCC)CC4)cc3)cc2CC)cc1CCCO)COC(=O)C(=C)C. The number of aryl methyl sites for hydroxylation is 3. The van der Waals surface area contributed by atoms with Crippen LogP contribution in [0.15, 0.2) is 78.9 Å². The van der Waals surface area contributed by atoms with Crippen LogP contribution in [0.5, 0.6) is 5.75 Å². The van der Waals surface area contributed by atoms with Crippen molar-refractivity contribution in [3.63, 3.8) is 0 Å². The summed E-state index contributed by atoms with van der Waals surface area (Å²) < 4.78 is 17.6. The molecule has 0 aromatic heterocycles. The van der Waals surface area contributed by atoms with Crippen molar-refractivity contribution in [2.24, 2.45) is 11.3 Å². The molecule has 4 rings (SSSR count). The topological polar surface area (TPSA) is 102 Å². The fraction of sp³-hybridized carbons (Fsp3) is 0.538. The van der Waals surface area contributed by atoms with Gasteiger partial charge in [-0.15, -0.1) is 0 Å². The van der Waals surface area contributed by atoms with Crippen LogP contribution in [0.1, 0.15) is 140 Å². The number of rotatable bonds is 25. The second kappa shape index (κ2) is 24.2. The van der Waals surface area contributed by atoms with Gasteiger partial charge in [0.25, 0.3) is 0 Å². The van der Waals surface area contributed by atoms with Gasteiger partial charge in [-0.25, -0.2) is 9.59 Å². The highest BCUT2D eigenvalue weighted by molar-refractivity contribution is 5.87. The summed E-state index contributed by atoms with van der Waals surface area (Å²) in [5.74, 6) is 1.19. The summed E-state index contributed by atoms with van der Waals surface area (Å²) in [4.78, 5) is 24.7. The van der Waals surface area contributed by atoms with Crippen molar-refractivity contribution in [2.75, 3.05) is 33.0 Å². The first-order valence-corrected chi connectivity index (χ1v) is 22.4. The van der Waals surface area contributed by atoms with Gasteiger partial charge in [0.1, 0.15) is 19.0 Å². The molecule has 0 heterocycles. The molecule has 7 nitrogen and oxygen atoms in total. The van der Waals surface area contributed by atoms with Gasteiger partial charge in [-0.3, -0.25) is 0 Å². The van der Waals surface area contributed by atoms with Gasteiger partial charge in [0.05, 0.1) is 18.6 Å². The summed E-state index contributed by atoms with van der Waals surface area (Å²) in [7, 11) is 0. The van der Waals surface area contributed by atoms with Crippen molar-refractivity contribution in [1.82, 2.24) is 0 Å². The highest BCUT2D eigenvalue weighted by Crippen LogP contribution is 2.40. The number of hydrogen-bond donors (Lipinski definition) is 2. The van der Waals surface area contributed by atoms with E-state index in [2.05, 4.69) is 88.5 Å². The average molecular weight is 809 g/mol. The molecule has 0 radical (unpaired) electrons. The van der Waals surface area contributed by atoms with E-state index in [1.165, 1.54) is 79.2 Å². The summed E-state index contributed by atoms with van der Waals surface area (Å²) in [6, 6.07) is 20.6. The van der Waals surface area contributed by atoms with Crippen molar-refractivity contribution < 1.29 is 34.0 Å². The zero-order valence-corrected chi connectivity index (χ0v) is 36.8. The Kier molecular flexibility index (Phi) is 19.4. The normalized spacial score (nSPS) is 15.4. The van der Waals surface area contributed by atoms with Crippen molar-refractivity contribution in [2.45, 2.75) is 137 Å². The quantitative estimate of drug-likeness (QED) is 0.0499. The molecule has 1 fully saturated rings. The largest absolute Gasteiger partial charge is 0.493 e. The molecular weight excluding hydrogens is 737 g/mol. The average Bonchev–Trinajstić information content (AvgIpc) is 3.25. The van der Waals surface area contributed by atoms with Crippen LogP contribution in [0.2, 0.25) is 0 Å². The van der Waals surface area contributed by atoms with Crippen LogP contribution < -0.4 is 4.74 Å². The van der Waals surface area contributed by atoms with Crippen LogP contribution in [0.4, 0.5) is 0 Å². The van der Waals surface area contributed by atoms with Gasteiger partial charge < -0.3 is 24.4 Å². The molecule has 7 heteroatoms. The molecule has 0 bridgehead atoms. The molecule has 0 saturated heterocycles. The molecule has 59 heavy (non-hydrogen) atoms. The van der Waals surface area contributed by atoms with Crippen LogP contribution in [-0.2, 0) is 38.3 Å². The molecule has 3 aromatic carbocycles. The van der Waals surface area contributed by atoms with E-state index < -0.39 is 24.0 Å². The van der Waals surface area contributed by atoms with E-state index in [1.54, 1.807) is 13.8 Å². The summed E-state index contributed by atoms with van der Waals surface area (Å²) >= 11 is 0. The maximum atomic E-state index is 12.4. The minimum Gasteiger partial charge on any atom is -0.493 e. The van der Waals surface area contributed by atoms with Crippen molar-refractivity contribution in [1.29, 1.82) is 0 Å². The van der Waals surface area contributed by atoms with Crippen LogP contribution in [0.25, 0.3) is 22.3 Å². The van der Waals surface area contributed by atoms with Gasteiger partial charge in [0.15, 0.2) is 0 Å². The van der Waals surface area contributed by atoms with Crippen molar-refractivity contribution >= 4 is 11.9 Å². The monoisotopic (exact) mass is 809 g/mol. The molecule has 0 spiro atoms. The lowest BCUT2D eigenvalue weighted by Gasteiger charge is -2.31. The summed E-state index contributed by atoms with van der Waals surface area (Å²) in [6.07, 6.45) is 15.9. The Morgan fingerprint density at radius 3 is 1.83 bits per heavy atom. The minimum atomic E-state index is -1.10. The lowest BCUT2D eigenvalue weighted by molar-refractivity contribution is -0.152. The molecule has 0 unspecified atom stereocenters. The zero-order valence-electron chi connectivity index (χ0n) is 36.8. The summed E-state index contributed by atoms with van der Waals surface area (Å²) in [5.41, 5.74) is 8.99. The standard InChI is InChI=1S/C52H72O7/c1-8-11-13-15-39-18-20-41(21-19-39)42-22-24-43(25-23-42)44-26-27-48(40(10-3)31-44)47-32-45(16-12-9-2)49(46(33-47)17-14-29-53)57-30-28-52(34-54,35-58-50(55)37(4)5)36-59-51(56)38(6)7/h22-27,31-33,39,41,53-54H,4,6,8-21,28-30,34-36H2,1-3,5,7H3. The molecule has 0 amide bonds. The molecule has 1 aliphatic carbocycles. The number of carbonyl (C=O) groups excluding carboxylic acids is 2. The number of carbonyl (C=O) groups is 2. The third-order valence-corrected chi connectivity index (χ3v) is 12.2. The molecule has 0 aliphatic heterocycles. The zero-order chi connectivity index (χ0) is 42.8. The Labute approximate surface area is 355 Å². The van der Waals surface area contributed by atoms with E-state index in [1.807, 2.05) is 0 Å². The van der Waals surface area contributed by atoms with E-state index in [-0.39, 0.29) is 44.0 Å². The number of unbranched alkanes of at least 4 members (excludes halogenated alkanes) is 3. The number of aliphatic hydroxyl groups excluding tert-OH is 2. The Hall–Kier alpha value is -4.20. The smallest absolute Gasteiger partial charge is 0.333 e. The van der Waals surface area contributed by atoms with Crippen LogP contribution in [0.3, 0.4) is 0 Å². The van der Waals surface area contributed by atoms with E-state index in [4.69, 9.17) is 14.2 Å². The van der Waals surface area contributed by atoms with E-state index in [0.717, 1.165) is 54.0 Å². The Balaban J connectivity index is 1.58. The molecule has 2 N–H and O–H groups in total. The Morgan fingerprint density at radius 1 is 0.712 bits per heavy atom. The number of aliphatic hydroxyl groups is 2. The van der Waals surface area contributed by atoms with Crippen LogP contribution in [-0.4, -0.2) is 55.2 Å². The van der Waals surface area contributed by atoms with Crippen molar-refractivity contribution in [3.05, 3.63) is 101 Å². The third kappa shape index (κ3) is 13.9. The Morgan fingerprint density at radius 2 is 1.29 bits per heavy atom.